The molecule has 2 aliphatic heterocycles. The van der Waals surface area contributed by atoms with Gasteiger partial charge in [0.25, 0.3) is 11.2 Å². The van der Waals surface area contributed by atoms with E-state index in [0.29, 0.717) is 43.6 Å². The summed E-state index contributed by atoms with van der Waals surface area (Å²) >= 11 is 1.18. The molecule has 1 atom stereocenters. The number of nitrogens with zero attached hydrogens (tertiary/aromatic N) is 3. The fraction of sp³-hybridized carbons (Fsp3) is 0.207. The number of non-ortho nitro benzene ring substituents is 1. The summed E-state index contributed by atoms with van der Waals surface area (Å²) in [6.45, 7) is 5.46. The van der Waals surface area contributed by atoms with Crippen LogP contribution in [0.5, 0.6) is 11.5 Å². The summed E-state index contributed by atoms with van der Waals surface area (Å²) in [4.78, 5) is 42.9. The van der Waals surface area contributed by atoms with Crippen LogP contribution < -0.4 is 24.4 Å². The fourth-order valence-corrected chi connectivity index (χ4v) is 5.90. The Labute approximate surface area is 236 Å². The van der Waals surface area contributed by atoms with E-state index in [1.54, 1.807) is 50.3 Å². The number of hydrogen-bond donors (Lipinski definition) is 0. The molecule has 2 aromatic heterocycles. The first-order valence-corrected chi connectivity index (χ1v) is 13.5. The average Bonchev–Trinajstić information content (AvgIpc) is 3.68. The summed E-state index contributed by atoms with van der Waals surface area (Å²) in [6.07, 6.45) is 1.73. The van der Waals surface area contributed by atoms with Crippen LogP contribution in [0.3, 0.4) is 0 Å². The zero-order valence-corrected chi connectivity index (χ0v) is 23.0. The number of allylic oxidation sites excluding steroid dienone is 1. The molecule has 4 aromatic rings. The minimum Gasteiger partial charge on any atom is -0.463 e. The Morgan fingerprint density at radius 3 is 2.76 bits per heavy atom. The number of furan rings is 1. The van der Waals surface area contributed by atoms with E-state index in [4.69, 9.17) is 18.6 Å². The zero-order chi connectivity index (χ0) is 28.8. The predicted octanol–water partition coefficient (Wildman–Crippen LogP) is 4.00. The van der Waals surface area contributed by atoms with Gasteiger partial charge in [0.1, 0.15) is 17.6 Å². The van der Waals surface area contributed by atoms with Crippen LogP contribution in [0.4, 0.5) is 5.69 Å². The first kappa shape index (κ1) is 26.3. The Hall–Kier alpha value is -4.97. The number of hydrogen-bond acceptors (Lipinski definition) is 10. The molecule has 4 heterocycles. The third-order valence-electron chi connectivity index (χ3n) is 6.81. The van der Waals surface area contributed by atoms with E-state index in [2.05, 4.69) is 4.99 Å². The lowest BCUT2D eigenvalue weighted by atomic mass is 10.0. The van der Waals surface area contributed by atoms with E-state index in [1.807, 2.05) is 13.0 Å². The van der Waals surface area contributed by atoms with Gasteiger partial charge in [-0.2, -0.15) is 0 Å². The van der Waals surface area contributed by atoms with Crippen molar-refractivity contribution in [2.45, 2.75) is 26.8 Å². The van der Waals surface area contributed by atoms with Crippen LogP contribution in [0.2, 0.25) is 0 Å². The quantitative estimate of drug-likeness (QED) is 0.192. The molecule has 2 aliphatic rings. The van der Waals surface area contributed by atoms with Crippen molar-refractivity contribution in [3.63, 3.8) is 0 Å². The lowest BCUT2D eigenvalue weighted by Crippen LogP contribution is -2.39. The van der Waals surface area contributed by atoms with Crippen molar-refractivity contribution in [3.8, 4) is 22.8 Å². The molecule has 208 valence electrons. The highest BCUT2D eigenvalue weighted by Crippen LogP contribution is 2.36. The van der Waals surface area contributed by atoms with Crippen LogP contribution in [0.1, 0.15) is 36.8 Å². The van der Waals surface area contributed by atoms with Crippen LogP contribution in [0.25, 0.3) is 17.4 Å². The number of carbonyl (C=O) groups is 1. The van der Waals surface area contributed by atoms with Gasteiger partial charge in [-0.15, -0.1) is 0 Å². The van der Waals surface area contributed by atoms with Crippen molar-refractivity contribution in [3.05, 3.63) is 106 Å². The van der Waals surface area contributed by atoms with Gasteiger partial charge >= 0.3 is 5.97 Å². The summed E-state index contributed by atoms with van der Waals surface area (Å²) in [7, 11) is 0. The minimum absolute atomic E-state index is 0.0806. The molecule has 0 unspecified atom stereocenters. The van der Waals surface area contributed by atoms with Gasteiger partial charge in [-0.1, -0.05) is 23.5 Å². The number of ether oxygens (including phenoxy) is 3. The van der Waals surface area contributed by atoms with E-state index in [0.717, 1.165) is 11.1 Å². The average molecular weight is 574 g/mol. The first-order chi connectivity index (χ1) is 19.7. The number of esters is 1. The molecule has 0 amide bonds. The van der Waals surface area contributed by atoms with Crippen molar-refractivity contribution >= 4 is 29.1 Å². The van der Waals surface area contributed by atoms with Crippen LogP contribution in [-0.4, -0.2) is 28.9 Å². The second kappa shape index (κ2) is 10.2. The van der Waals surface area contributed by atoms with Crippen molar-refractivity contribution < 1.29 is 28.3 Å². The maximum Gasteiger partial charge on any atom is 0.338 e. The second-order valence-corrected chi connectivity index (χ2v) is 10.4. The van der Waals surface area contributed by atoms with Crippen LogP contribution in [0, 0.1) is 17.0 Å². The molecule has 0 fully saturated rings. The molecule has 0 bridgehead atoms. The summed E-state index contributed by atoms with van der Waals surface area (Å²) in [6, 6.07) is 12.2. The smallest absolute Gasteiger partial charge is 0.338 e. The van der Waals surface area contributed by atoms with Gasteiger partial charge in [0.05, 0.1) is 27.3 Å². The van der Waals surface area contributed by atoms with Crippen molar-refractivity contribution in [2.75, 3.05) is 13.4 Å². The number of aryl methyl sites for hydroxylation is 1. The van der Waals surface area contributed by atoms with Gasteiger partial charge in [0.15, 0.2) is 16.3 Å². The van der Waals surface area contributed by atoms with E-state index in [-0.39, 0.29) is 30.2 Å². The van der Waals surface area contributed by atoms with Crippen molar-refractivity contribution in [1.82, 2.24) is 4.57 Å². The highest BCUT2D eigenvalue weighted by molar-refractivity contribution is 7.07. The van der Waals surface area contributed by atoms with Gasteiger partial charge in [-0.05, 0) is 62.2 Å². The number of nitro groups is 1. The van der Waals surface area contributed by atoms with Gasteiger partial charge in [-0.25, -0.2) is 9.79 Å². The number of thiazole rings is 1. The monoisotopic (exact) mass is 573 g/mol. The summed E-state index contributed by atoms with van der Waals surface area (Å²) in [5.74, 6) is 1.25. The van der Waals surface area contributed by atoms with Gasteiger partial charge in [0.2, 0.25) is 6.79 Å². The fourth-order valence-electron chi connectivity index (χ4n) is 4.85. The maximum atomic E-state index is 13.9. The Kier molecular flexibility index (Phi) is 6.54. The lowest BCUT2D eigenvalue weighted by Gasteiger charge is -2.22. The molecule has 0 radical (unpaired) electrons. The zero-order valence-electron chi connectivity index (χ0n) is 22.2. The molecule has 12 heteroatoms. The molecular weight excluding hydrogens is 550 g/mol. The summed E-state index contributed by atoms with van der Waals surface area (Å²) in [5, 5.41) is 11.4. The Morgan fingerprint density at radius 1 is 1.17 bits per heavy atom. The molecule has 41 heavy (non-hydrogen) atoms. The largest absolute Gasteiger partial charge is 0.463 e. The van der Waals surface area contributed by atoms with Crippen molar-refractivity contribution in [2.24, 2.45) is 4.99 Å². The first-order valence-electron chi connectivity index (χ1n) is 12.7. The number of benzene rings is 2. The van der Waals surface area contributed by atoms with Gasteiger partial charge in [0, 0.05) is 17.7 Å². The molecule has 0 saturated heterocycles. The summed E-state index contributed by atoms with van der Waals surface area (Å²) in [5.41, 5.74) is 2.15. The van der Waals surface area contributed by atoms with E-state index >= 15 is 0 Å². The molecule has 11 nitrogen and oxygen atoms in total. The molecule has 0 spiro atoms. The van der Waals surface area contributed by atoms with Crippen LogP contribution in [-0.2, 0) is 9.53 Å². The number of nitro benzene ring substituents is 1. The molecule has 0 N–H and O–H groups in total. The van der Waals surface area contributed by atoms with Crippen molar-refractivity contribution in [1.29, 1.82) is 0 Å². The van der Waals surface area contributed by atoms with E-state index in [1.165, 1.54) is 28.0 Å². The predicted molar refractivity (Wildman–Crippen MR) is 148 cm³/mol. The Morgan fingerprint density at radius 2 is 1.98 bits per heavy atom. The van der Waals surface area contributed by atoms with Crippen LogP contribution >= 0.6 is 11.3 Å². The lowest BCUT2D eigenvalue weighted by molar-refractivity contribution is -0.384. The Balaban J connectivity index is 1.50. The molecular formula is C29H23N3O8S. The highest BCUT2D eigenvalue weighted by atomic mass is 32.1. The third kappa shape index (κ3) is 4.61. The molecule has 0 aliphatic carbocycles. The number of aromatic nitrogens is 1. The van der Waals surface area contributed by atoms with Gasteiger partial charge in [-0.3, -0.25) is 19.5 Å². The standard InChI is InChI=1S/C29H23N3O8S/c1-4-37-28(34)25-16(3)30-29-31(27(33)24(41-29)12-17-6-8-21-23(11-17)39-14-38-21)26(25)22-10-9-20(40-22)19-13-18(32(35)36)7-5-15(19)2/h5-13,26H,4,14H2,1-3H3/b24-12-/t26-/m1/s1. The topological polar surface area (TPSA) is 135 Å². The van der Waals surface area contributed by atoms with Crippen LogP contribution in [0.15, 0.2) is 74.0 Å². The minimum atomic E-state index is -0.961. The second-order valence-electron chi connectivity index (χ2n) is 9.37. The van der Waals surface area contributed by atoms with E-state index in [9.17, 15) is 19.7 Å². The SMILES string of the molecule is CCOC(=O)C1=C(C)N=c2s/c(=C\c3ccc4c(c3)OCO4)c(=O)n2[C@@H]1c1ccc(-c2cc([N+](=O)[O-])ccc2C)o1. The molecule has 6 rings (SSSR count). The normalized spacial score (nSPS) is 16.0. The number of rotatable bonds is 6. The number of carbonyl (C=O) groups excluding carboxylic acids is 1. The molecule has 0 saturated carbocycles. The van der Waals surface area contributed by atoms with Gasteiger partial charge < -0.3 is 18.6 Å². The highest BCUT2D eigenvalue weighted by Gasteiger charge is 2.35. The number of fused-ring (bicyclic) bond motifs is 2. The molecule has 2 aromatic carbocycles. The maximum absolute atomic E-state index is 13.9. The Bertz CT molecular complexity index is 1950. The van der Waals surface area contributed by atoms with E-state index < -0.39 is 16.9 Å². The summed E-state index contributed by atoms with van der Waals surface area (Å²) < 4.78 is 24.2. The third-order valence-corrected chi connectivity index (χ3v) is 7.79.